The molecule has 7 nitrogen and oxygen atoms in total. The van der Waals surface area contributed by atoms with E-state index in [1.165, 1.54) is 5.56 Å². The molecule has 2 saturated heterocycles. The van der Waals surface area contributed by atoms with Crippen LogP contribution in [0.5, 0.6) is 11.5 Å². The topological polar surface area (TPSA) is 58.1 Å². The Kier molecular flexibility index (Phi) is 4.97. The molecule has 3 aliphatic rings. The van der Waals surface area contributed by atoms with E-state index in [0.29, 0.717) is 12.5 Å². The Hall–Kier alpha value is -2.80. The van der Waals surface area contributed by atoms with Crippen LogP contribution in [0.2, 0.25) is 0 Å². The Labute approximate surface area is 170 Å². The number of amides is 1. The number of hydrogen-bond acceptors (Lipinski definition) is 6. The Balaban J connectivity index is 1.19. The molecule has 3 aliphatic heterocycles. The summed E-state index contributed by atoms with van der Waals surface area (Å²) in [5.41, 5.74) is 2.89. The number of likely N-dealkylation sites (tertiary alicyclic amines) is 1. The molecule has 0 bridgehead atoms. The average molecular weight is 394 g/mol. The zero-order valence-corrected chi connectivity index (χ0v) is 16.5. The van der Waals surface area contributed by atoms with Crippen molar-refractivity contribution in [3.8, 4) is 11.5 Å². The standard InChI is InChI=1S/C22H26N4O3/c27-22(26-7-1-2-8-26)19-14-18(5-6-23-19)25-11-9-24(10-12-25)15-17-3-4-20-21(13-17)29-16-28-20/h3-6,13-14H,1-2,7-12,15-16H2. The van der Waals surface area contributed by atoms with Gasteiger partial charge in [-0.25, -0.2) is 0 Å². The quantitative estimate of drug-likeness (QED) is 0.794. The number of benzene rings is 1. The highest BCUT2D eigenvalue weighted by Crippen LogP contribution is 2.33. The summed E-state index contributed by atoms with van der Waals surface area (Å²) in [4.78, 5) is 23.7. The van der Waals surface area contributed by atoms with Crippen LogP contribution in [0, 0.1) is 0 Å². The number of piperazine rings is 1. The molecule has 4 heterocycles. The van der Waals surface area contributed by atoms with E-state index >= 15 is 0 Å². The summed E-state index contributed by atoms with van der Waals surface area (Å²) in [6.07, 6.45) is 3.95. The van der Waals surface area contributed by atoms with Crippen LogP contribution in [0.4, 0.5) is 5.69 Å². The third-order valence-electron chi connectivity index (χ3n) is 5.94. The van der Waals surface area contributed by atoms with Crippen molar-refractivity contribution in [3.05, 3.63) is 47.8 Å². The van der Waals surface area contributed by atoms with Crippen molar-refractivity contribution in [2.45, 2.75) is 19.4 Å². The average Bonchev–Trinajstić information content (AvgIpc) is 3.46. The maximum absolute atomic E-state index is 12.6. The van der Waals surface area contributed by atoms with Crippen LogP contribution >= 0.6 is 0 Å². The van der Waals surface area contributed by atoms with Gasteiger partial charge in [-0.1, -0.05) is 6.07 Å². The van der Waals surface area contributed by atoms with Crippen molar-refractivity contribution in [2.75, 3.05) is 51.0 Å². The number of anilines is 1. The van der Waals surface area contributed by atoms with Gasteiger partial charge in [-0.05, 0) is 42.7 Å². The van der Waals surface area contributed by atoms with Gasteiger partial charge >= 0.3 is 0 Å². The van der Waals surface area contributed by atoms with E-state index in [4.69, 9.17) is 9.47 Å². The lowest BCUT2D eigenvalue weighted by Crippen LogP contribution is -2.46. The van der Waals surface area contributed by atoms with Gasteiger partial charge in [0, 0.05) is 57.7 Å². The molecule has 1 aromatic carbocycles. The fourth-order valence-corrected chi connectivity index (χ4v) is 4.28. The van der Waals surface area contributed by atoms with Gasteiger partial charge in [-0.2, -0.15) is 0 Å². The van der Waals surface area contributed by atoms with Crippen LogP contribution in [0.25, 0.3) is 0 Å². The van der Waals surface area contributed by atoms with Crippen LogP contribution in [0.15, 0.2) is 36.5 Å². The van der Waals surface area contributed by atoms with E-state index in [0.717, 1.165) is 75.8 Å². The summed E-state index contributed by atoms with van der Waals surface area (Å²) < 4.78 is 10.9. The first-order valence-electron chi connectivity index (χ1n) is 10.4. The van der Waals surface area contributed by atoms with E-state index in [2.05, 4.69) is 26.9 Å². The molecule has 0 saturated carbocycles. The number of pyridine rings is 1. The molecule has 152 valence electrons. The van der Waals surface area contributed by atoms with Crippen molar-refractivity contribution in [2.24, 2.45) is 0 Å². The lowest BCUT2D eigenvalue weighted by atomic mass is 10.1. The molecular formula is C22H26N4O3. The number of carbonyl (C=O) groups excluding carboxylic acids is 1. The number of ether oxygens (including phenoxy) is 2. The zero-order chi connectivity index (χ0) is 19.6. The van der Waals surface area contributed by atoms with E-state index in [-0.39, 0.29) is 5.91 Å². The van der Waals surface area contributed by atoms with Crippen LogP contribution in [0.1, 0.15) is 28.9 Å². The highest BCUT2D eigenvalue weighted by atomic mass is 16.7. The predicted octanol–water partition coefficient (Wildman–Crippen LogP) is 2.37. The second-order valence-electron chi connectivity index (χ2n) is 7.85. The summed E-state index contributed by atoms with van der Waals surface area (Å²) >= 11 is 0. The van der Waals surface area contributed by atoms with E-state index in [1.807, 2.05) is 23.1 Å². The number of hydrogen-bond donors (Lipinski definition) is 0. The summed E-state index contributed by atoms with van der Waals surface area (Å²) in [6, 6.07) is 10.1. The van der Waals surface area contributed by atoms with Gasteiger partial charge in [0.1, 0.15) is 5.69 Å². The molecule has 0 aliphatic carbocycles. The number of rotatable bonds is 4. The van der Waals surface area contributed by atoms with Crippen LogP contribution < -0.4 is 14.4 Å². The van der Waals surface area contributed by atoms with Crippen molar-refractivity contribution in [1.29, 1.82) is 0 Å². The molecule has 2 fully saturated rings. The SMILES string of the molecule is O=C(c1cc(N2CCN(Cc3ccc4c(c3)OCO4)CC2)ccn1)N1CCCC1. The second kappa shape index (κ2) is 7.91. The largest absolute Gasteiger partial charge is 0.454 e. The van der Waals surface area contributed by atoms with Crippen molar-refractivity contribution < 1.29 is 14.3 Å². The van der Waals surface area contributed by atoms with Crippen LogP contribution in [-0.4, -0.2) is 66.8 Å². The molecule has 29 heavy (non-hydrogen) atoms. The first-order chi connectivity index (χ1) is 14.3. The third kappa shape index (κ3) is 3.87. The molecule has 0 spiro atoms. The Morgan fingerprint density at radius 2 is 1.72 bits per heavy atom. The Morgan fingerprint density at radius 3 is 2.55 bits per heavy atom. The van der Waals surface area contributed by atoms with Gasteiger partial charge in [0.05, 0.1) is 0 Å². The predicted molar refractivity (Wildman–Crippen MR) is 109 cm³/mol. The van der Waals surface area contributed by atoms with Gasteiger partial charge in [0.2, 0.25) is 6.79 Å². The van der Waals surface area contributed by atoms with Gasteiger partial charge < -0.3 is 19.3 Å². The molecule has 0 N–H and O–H groups in total. The zero-order valence-electron chi connectivity index (χ0n) is 16.5. The highest BCUT2D eigenvalue weighted by Gasteiger charge is 2.23. The Bertz CT molecular complexity index is 889. The molecule has 2 aromatic rings. The van der Waals surface area contributed by atoms with Crippen LogP contribution in [-0.2, 0) is 6.54 Å². The molecule has 7 heteroatoms. The maximum atomic E-state index is 12.6. The summed E-state index contributed by atoms with van der Waals surface area (Å²) in [5, 5.41) is 0. The van der Waals surface area contributed by atoms with Crippen molar-refractivity contribution >= 4 is 11.6 Å². The summed E-state index contributed by atoms with van der Waals surface area (Å²) in [5.74, 6) is 1.73. The number of fused-ring (bicyclic) bond motifs is 1. The monoisotopic (exact) mass is 394 g/mol. The van der Waals surface area contributed by atoms with Crippen molar-refractivity contribution in [1.82, 2.24) is 14.8 Å². The van der Waals surface area contributed by atoms with E-state index < -0.39 is 0 Å². The molecule has 0 radical (unpaired) electrons. The Morgan fingerprint density at radius 1 is 0.931 bits per heavy atom. The minimum atomic E-state index is 0.0609. The summed E-state index contributed by atoms with van der Waals surface area (Å²) in [7, 11) is 0. The second-order valence-corrected chi connectivity index (χ2v) is 7.85. The molecular weight excluding hydrogens is 368 g/mol. The number of carbonyl (C=O) groups is 1. The fraction of sp³-hybridized carbons (Fsp3) is 0.455. The van der Waals surface area contributed by atoms with Gasteiger partial charge in [0.15, 0.2) is 11.5 Å². The highest BCUT2D eigenvalue weighted by molar-refractivity contribution is 5.93. The molecule has 1 aromatic heterocycles. The minimum Gasteiger partial charge on any atom is -0.454 e. The third-order valence-corrected chi connectivity index (χ3v) is 5.94. The van der Waals surface area contributed by atoms with E-state index in [1.54, 1.807) is 6.20 Å². The lowest BCUT2D eigenvalue weighted by Gasteiger charge is -2.36. The molecule has 5 rings (SSSR count). The van der Waals surface area contributed by atoms with Crippen molar-refractivity contribution in [3.63, 3.8) is 0 Å². The molecule has 0 atom stereocenters. The first kappa shape index (κ1) is 18.2. The fourth-order valence-electron chi connectivity index (χ4n) is 4.28. The number of nitrogens with zero attached hydrogens (tertiary/aromatic N) is 4. The van der Waals surface area contributed by atoms with Gasteiger partial charge in [-0.15, -0.1) is 0 Å². The molecule has 1 amide bonds. The smallest absolute Gasteiger partial charge is 0.272 e. The minimum absolute atomic E-state index is 0.0609. The van der Waals surface area contributed by atoms with E-state index in [9.17, 15) is 4.79 Å². The first-order valence-corrected chi connectivity index (χ1v) is 10.4. The maximum Gasteiger partial charge on any atom is 0.272 e. The lowest BCUT2D eigenvalue weighted by molar-refractivity contribution is 0.0787. The number of aromatic nitrogens is 1. The summed E-state index contributed by atoms with van der Waals surface area (Å²) in [6.45, 7) is 6.74. The van der Waals surface area contributed by atoms with Crippen LogP contribution in [0.3, 0.4) is 0 Å². The van der Waals surface area contributed by atoms with Gasteiger partial charge in [0.25, 0.3) is 5.91 Å². The van der Waals surface area contributed by atoms with Gasteiger partial charge in [-0.3, -0.25) is 14.7 Å². The normalized spacial score (nSPS) is 19.0. The molecule has 0 unspecified atom stereocenters.